The quantitative estimate of drug-likeness (QED) is 0.419. The summed E-state index contributed by atoms with van der Waals surface area (Å²) in [5.74, 6) is 0.907. The predicted octanol–water partition coefficient (Wildman–Crippen LogP) is 3.40. The maximum atomic E-state index is 13.6. The van der Waals surface area contributed by atoms with Gasteiger partial charge in [0.1, 0.15) is 18.9 Å². The number of benzene rings is 3. The fourth-order valence-electron chi connectivity index (χ4n) is 3.19. The van der Waals surface area contributed by atoms with E-state index in [9.17, 15) is 13.2 Å². The van der Waals surface area contributed by atoms with Crippen LogP contribution >= 0.6 is 0 Å². The Bertz CT molecular complexity index is 1200. The largest absolute Gasteiger partial charge is 0.493 e. The second kappa shape index (κ2) is 11.4. The molecule has 0 atom stereocenters. The first kappa shape index (κ1) is 24.9. The van der Waals surface area contributed by atoms with Crippen LogP contribution in [0.2, 0.25) is 0 Å². The lowest BCUT2D eigenvalue weighted by Crippen LogP contribution is -2.41. The Hall–Kier alpha value is -3.72. The van der Waals surface area contributed by atoms with Crippen molar-refractivity contribution in [3.8, 4) is 17.2 Å². The summed E-state index contributed by atoms with van der Waals surface area (Å²) in [6.45, 7) is 1.98. The van der Waals surface area contributed by atoms with Crippen molar-refractivity contribution in [3.05, 3.63) is 78.4 Å². The molecule has 9 heteroatoms. The minimum absolute atomic E-state index is 0.0223. The summed E-state index contributed by atoms with van der Waals surface area (Å²) in [5, 5.41) is 2.71. The first-order valence-corrected chi connectivity index (χ1v) is 12.0. The van der Waals surface area contributed by atoms with Gasteiger partial charge in [-0.25, -0.2) is 8.42 Å². The molecule has 0 saturated heterocycles. The third kappa shape index (κ3) is 6.20. The third-order valence-electron chi connectivity index (χ3n) is 4.99. The topological polar surface area (TPSA) is 94.2 Å². The smallest absolute Gasteiger partial charge is 0.264 e. The zero-order valence-corrected chi connectivity index (χ0v) is 20.2. The first-order chi connectivity index (χ1) is 16.3. The van der Waals surface area contributed by atoms with Gasteiger partial charge in [-0.1, -0.05) is 35.9 Å². The third-order valence-corrected chi connectivity index (χ3v) is 6.76. The summed E-state index contributed by atoms with van der Waals surface area (Å²) in [5.41, 5.74) is 1.34. The van der Waals surface area contributed by atoms with Crippen molar-refractivity contribution in [1.29, 1.82) is 0 Å². The Labute approximate surface area is 200 Å². The number of carbonyl (C=O) groups is 1. The van der Waals surface area contributed by atoms with Gasteiger partial charge >= 0.3 is 0 Å². The van der Waals surface area contributed by atoms with E-state index in [1.165, 1.54) is 32.4 Å². The molecule has 3 rings (SSSR count). The number of carbonyl (C=O) groups excluding carboxylic acids is 1. The number of hydrogen-bond acceptors (Lipinski definition) is 6. The summed E-state index contributed by atoms with van der Waals surface area (Å²) in [4.78, 5) is 12.7. The standard InChI is InChI=1S/C25H28N2O6S/c1-19-9-11-20(12-10-19)27(18-25(28)26-15-16-33-21-7-5-4-6-8-21)34(29,30)22-13-14-23(31-2)24(17-22)32-3/h4-14,17H,15-16,18H2,1-3H3,(H,26,28). The number of anilines is 1. The monoisotopic (exact) mass is 484 g/mol. The Morgan fingerprint density at radius 2 is 1.59 bits per heavy atom. The van der Waals surface area contributed by atoms with Crippen molar-refractivity contribution < 1.29 is 27.4 Å². The van der Waals surface area contributed by atoms with Gasteiger partial charge in [-0.05, 0) is 43.3 Å². The van der Waals surface area contributed by atoms with Gasteiger partial charge in [0.15, 0.2) is 11.5 Å². The molecule has 3 aromatic rings. The first-order valence-electron chi connectivity index (χ1n) is 10.6. The molecule has 0 spiro atoms. The average molecular weight is 485 g/mol. The van der Waals surface area contributed by atoms with Crippen LogP contribution in [-0.2, 0) is 14.8 Å². The summed E-state index contributed by atoms with van der Waals surface area (Å²) >= 11 is 0. The SMILES string of the molecule is COc1ccc(S(=O)(=O)N(CC(=O)NCCOc2ccccc2)c2ccc(C)cc2)cc1OC. The van der Waals surface area contributed by atoms with Gasteiger partial charge in [0.2, 0.25) is 5.91 Å². The van der Waals surface area contributed by atoms with Crippen LogP contribution in [-0.4, -0.2) is 48.2 Å². The highest BCUT2D eigenvalue weighted by molar-refractivity contribution is 7.92. The van der Waals surface area contributed by atoms with Crippen molar-refractivity contribution in [3.63, 3.8) is 0 Å². The van der Waals surface area contributed by atoms with Gasteiger partial charge in [0.05, 0.1) is 31.3 Å². The molecule has 180 valence electrons. The maximum Gasteiger partial charge on any atom is 0.264 e. The number of para-hydroxylation sites is 1. The van der Waals surface area contributed by atoms with Crippen molar-refractivity contribution >= 4 is 21.6 Å². The molecular formula is C25H28N2O6S. The van der Waals surface area contributed by atoms with Gasteiger partial charge in [-0.2, -0.15) is 0 Å². The fraction of sp³-hybridized carbons (Fsp3) is 0.240. The number of methoxy groups -OCH3 is 2. The van der Waals surface area contributed by atoms with Gasteiger partial charge < -0.3 is 19.5 Å². The highest BCUT2D eigenvalue weighted by atomic mass is 32.2. The zero-order chi connectivity index (χ0) is 24.6. The molecule has 1 N–H and O–H groups in total. The summed E-state index contributed by atoms with van der Waals surface area (Å²) in [6.07, 6.45) is 0. The Kier molecular flexibility index (Phi) is 8.37. The van der Waals surface area contributed by atoms with Gasteiger partial charge in [-0.15, -0.1) is 0 Å². The lowest BCUT2D eigenvalue weighted by molar-refractivity contribution is -0.119. The van der Waals surface area contributed by atoms with Crippen LogP contribution in [0.5, 0.6) is 17.2 Å². The van der Waals surface area contributed by atoms with Crippen LogP contribution in [0.3, 0.4) is 0 Å². The number of rotatable bonds is 11. The molecule has 0 aliphatic heterocycles. The molecule has 3 aromatic carbocycles. The van der Waals surface area contributed by atoms with Crippen LogP contribution in [0.25, 0.3) is 0 Å². The lowest BCUT2D eigenvalue weighted by atomic mass is 10.2. The highest BCUT2D eigenvalue weighted by Crippen LogP contribution is 2.32. The van der Waals surface area contributed by atoms with E-state index < -0.39 is 22.5 Å². The van der Waals surface area contributed by atoms with E-state index in [0.717, 1.165) is 9.87 Å². The van der Waals surface area contributed by atoms with E-state index in [1.807, 2.05) is 37.3 Å². The van der Waals surface area contributed by atoms with Crippen LogP contribution in [0, 0.1) is 6.92 Å². The van der Waals surface area contributed by atoms with Crippen molar-refractivity contribution in [2.75, 3.05) is 38.2 Å². The summed E-state index contributed by atoms with van der Waals surface area (Å²) in [7, 11) is -1.19. The molecule has 0 saturated carbocycles. The fourth-order valence-corrected chi connectivity index (χ4v) is 4.63. The average Bonchev–Trinajstić information content (AvgIpc) is 2.86. The predicted molar refractivity (Wildman–Crippen MR) is 130 cm³/mol. The van der Waals surface area contributed by atoms with Crippen molar-refractivity contribution in [2.24, 2.45) is 0 Å². The zero-order valence-electron chi connectivity index (χ0n) is 19.4. The normalized spacial score (nSPS) is 10.9. The minimum atomic E-state index is -4.09. The number of sulfonamides is 1. The second-order valence-corrected chi connectivity index (χ2v) is 9.24. The molecule has 0 heterocycles. The number of nitrogens with zero attached hydrogens (tertiary/aromatic N) is 1. The number of ether oxygens (including phenoxy) is 3. The number of aryl methyl sites for hydroxylation is 1. The lowest BCUT2D eigenvalue weighted by Gasteiger charge is -2.24. The molecule has 0 aromatic heterocycles. The van der Waals surface area contributed by atoms with Gasteiger partial charge in [0, 0.05) is 6.07 Å². The summed E-state index contributed by atoms with van der Waals surface area (Å²) in [6, 6.07) is 20.4. The Balaban J connectivity index is 1.78. The van der Waals surface area contributed by atoms with E-state index in [0.29, 0.717) is 17.2 Å². The van der Waals surface area contributed by atoms with E-state index >= 15 is 0 Å². The van der Waals surface area contributed by atoms with Crippen molar-refractivity contribution in [2.45, 2.75) is 11.8 Å². The summed E-state index contributed by atoms with van der Waals surface area (Å²) < 4.78 is 44.2. The van der Waals surface area contributed by atoms with Crippen molar-refractivity contribution in [1.82, 2.24) is 5.32 Å². The number of hydrogen-bond donors (Lipinski definition) is 1. The number of nitrogens with one attached hydrogen (secondary N) is 1. The van der Waals surface area contributed by atoms with Crippen LogP contribution in [0.4, 0.5) is 5.69 Å². The molecule has 1 amide bonds. The second-order valence-electron chi connectivity index (χ2n) is 7.38. The number of amides is 1. The molecule has 0 fully saturated rings. The van der Waals surface area contributed by atoms with Gasteiger partial charge in [-0.3, -0.25) is 9.10 Å². The Morgan fingerprint density at radius 3 is 2.24 bits per heavy atom. The van der Waals surface area contributed by atoms with Gasteiger partial charge in [0.25, 0.3) is 10.0 Å². The molecular weight excluding hydrogens is 456 g/mol. The van der Waals surface area contributed by atoms with Crippen LogP contribution in [0.15, 0.2) is 77.7 Å². The molecule has 34 heavy (non-hydrogen) atoms. The van der Waals surface area contributed by atoms with Crippen LogP contribution < -0.4 is 23.8 Å². The minimum Gasteiger partial charge on any atom is -0.493 e. The molecule has 0 aliphatic rings. The van der Waals surface area contributed by atoms with E-state index in [2.05, 4.69) is 5.32 Å². The van der Waals surface area contributed by atoms with E-state index in [4.69, 9.17) is 14.2 Å². The van der Waals surface area contributed by atoms with E-state index in [1.54, 1.807) is 24.3 Å². The van der Waals surface area contributed by atoms with Crippen LogP contribution in [0.1, 0.15) is 5.56 Å². The highest BCUT2D eigenvalue weighted by Gasteiger charge is 2.28. The molecule has 8 nitrogen and oxygen atoms in total. The Morgan fingerprint density at radius 1 is 0.912 bits per heavy atom. The maximum absolute atomic E-state index is 13.6. The molecule has 0 radical (unpaired) electrons. The molecule has 0 unspecified atom stereocenters. The molecule has 0 bridgehead atoms. The molecule has 0 aliphatic carbocycles. The van der Waals surface area contributed by atoms with E-state index in [-0.39, 0.29) is 23.8 Å².